The number of benzene rings is 1. The topological polar surface area (TPSA) is 40.5 Å². The molecule has 3 nitrogen and oxygen atoms in total. The maximum absolute atomic E-state index is 12.3. The molecule has 1 amide bonds. The first-order chi connectivity index (χ1) is 8.13. The number of halogens is 2. The fourth-order valence-electron chi connectivity index (χ4n) is 1.76. The summed E-state index contributed by atoms with van der Waals surface area (Å²) in [5, 5.41) is 9.59. The average molecular weight is 319 g/mol. The van der Waals surface area contributed by atoms with Crippen LogP contribution in [-0.4, -0.2) is 35.1 Å². The minimum atomic E-state index is -0.0508. The van der Waals surface area contributed by atoms with Gasteiger partial charge in [-0.15, -0.1) is 0 Å². The smallest absolute Gasteiger partial charge is 0.255 e. The van der Waals surface area contributed by atoms with Crippen LogP contribution >= 0.6 is 27.5 Å². The van der Waals surface area contributed by atoms with Crippen molar-refractivity contribution in [3.8, 4) is 0 Å². The zero-order chi connectivity index (χ0) is 12.4. The van der Waals surface area contributed by atoms with Crippen LogP contribution in [-0.2, 0) is 0 Å². The number of carbonyl (C=O) groups excluding carboxylic acids is 1. The van der Waals surface area contributed by atoms with E-state index in [-0.39, 0.29) is 18.6 Å². The van der Waals surface area contributed by atoms with Gasteiger partial charge in [-0.25, -0.2) is 0 Å². The number of hydrogen-bond donors (Lipinski definition) is 1. The summed E-state index contributed by atoms with van der Waals surface area (Å²) in [7, 11) is 0. The van der Waals surface area contributed by atoms with Gasteiger partial charge < -0.3 is 10.0 Å². The van der Waals surface area contributed by atoms with Gasteiger partial charge in [-0.05, 0) is 47.0 Å². The van der Waals surface area contributed by atoms with Crippen molar-refractivity contribution in [2.75, 3.05) is 13.2 Å². The molecule has 0 bridgehead atoms. The van der Waals surface area contributed by atoms with Crippen molar-refractivity contribution in [3.63, 3.8) is 0 Å². The van der Waals surface area contributed by atoms with Crippen LogP contribution in [0.5, 0.6) is 0 Å². The number of carbonyl (C=O) groups is 1. The minimum Gasteiger partial charge on any atom is -0.395 e. The summed E-state index contributed by atoms with van der Waals surface area (Å²) < 4.78 is 0.693. The molecule has 1 saturated carbocycles. The molecule has 0 heterocycles. The second-order valence-electron chi connectivity index (χ2n) is 4.08. The highest BCUT2D eigenvalue weighted by Gasteiger charge is 2.33. The molecule has 0 spiro atoms. The Morgan fingerprint density at radius 3 is 2.76 bits per heavy atom. The van der Waals surface area contributed by atoms with Crippen LogP contribution in [0.4, 0.5) is 0 Å². The maximum Gasteiger partial charge on any atom is 0.255 e. The van der Waals surface area contributed by atoms with Crippen molar-refractivity contribution in [2.45, 2.75) is 18.9 Å². The molecule has 0 aliphatic heterocycles. The van der Waals surface area contributed by atoms with Gasteiger partial charge in [-0.3, -0.25) is 4.79 Å². The van der Waals surface area contributed by atoms with Gasteiger partial charge in [0.15, 0.2) is 0 Å². The summed E-state index contributed by atoms with van der Waals surface area (Å²) >= 11 is 9.18. The molecule has 92 valence electrons. The molecular weight excluding hydrogens is 305 g/mol. The second-order valence-corrected chi connectivity index (χ2v) is 5.37. The molecule has 17 heavy (non-hydrogen) atoms. The van der Waals surface area contributed by atoms with E-state index < -0.39 is 0 Å². The predicted molar refractivity (Wildman–Crippen MR) is 70.3 cm³/mol. The van der Waals surface area contributed by atoms with E-state index >= 15 is 0 Å². The van der Waals surface area contributed by atoms with Gasteiger partial charge in [-0.1, -0.05) is 11.6 Å². The van der Waals surface area contributed by atoms with Crippen LogP contribution in [0.15, 0.2) is 22.7 Å². The summed E-state index contributed by atoms with van der Waals surface area (Å²) in [5.74, 6) is -0.0508. The Bertz CT molecular complexity index is 435. The van der Waals surface area contributed by atoms with Crippen LogP contribution in [0.1, 0.15) is 23.2 Å². The van der Waals surface area contributed by atoms with E-state index in [4.69, 9.17) is 16.7 Å². The Hall–Kier alpha value is -0.580. The Labute approximate surface area is 114 Å². The zero-order valence-corrected chi connectivity index (χ0v) is 11.5. The van der Waals surface area contributed by atoms with Crippen LogP contribution in [0, 0.1) is 0 Å². The van der Waals surface area contributed by atoms with E-state index in [1.54, 1.807) is 23.1 Å². The van der Waals surface area contributed by atoms with Crippen LogP contribution in [0.3, 0.4) is 0 Å². The van der Waals surface area contributed by atoms with Crippen molar-refractivity contribution in [1.29, 1.82) is 0 Å². The largest absolute Gasteiger partial charge is 0.395 e. The molecule has 0 unspecified atom stereocenters. The Morgan fingerprint density at radius 1 is 1.53 bits per heavy atom. The number of hydrogen-bond acceptors (Lipinski definition) is 2. The molecule has 0 atom stereocenters. The SMILES string of the molecule is O=C(c1ccc(Cl)cc1Br)N(CCO)C1CC1. The highest BCUT2D eigenvalue weighted by atomic mass is 79.9. The zero-order valence-electron chi connectivity index (χ0n) is 9.20. The highest BCUT2D eigenvalue weighted by molar-refractivity contribution is 9.10. The first-order valence-electron chi connectivity index (χ1n) is 5.50. The lowest BCUT2D eigenvalue weighted by Crippen LogP contribution is -2.35. The Kier molecular flexibility index (Phi) is 4.07. The first kappa shape index (κ1) is 12.9. The molecule has 1 aliphatic rings. The third-order valence-corrected chi connectivity index (χ3v) is 3.64. The summed E-state index contributed by atoms with van der Waals surface area (Å²) in [6.45, 7) is 0.381. The molecule has 1 fully saturated rings. The van der Waals surface area contributed by atoms with Gasteiger partial charge in [0.05, 0.1) is 12.2 Å². The van der Waals surface area contributed by atoms with E-state index in [9.17, 15) is 4.79 Å². The molecule has 5 heteroatoms. The summed E-state index contributed by atoms with van der Waals surface area (Å²) in [6.07, 6.45) is 2.05. The van der Waals surface area contributed by atoms with E-state index in [1.807, 2.05) is 0 Å². The van der Waals surface area contributed by atoms with Crippen molar-refractivity contribution in [1.82, 2.24) is 4.90 Å². The normalized spacial score (nSPS) is 14.8. The van der Waals surface area contributed by atoms with Crippen LogP contribution in [0.25, 0.3) is 0 Å². The van der Waals surface area contributed by atoms with Crippen molar-refractivity contribution in [3.05, 3.63) is 33.3 Å². The van der Waals surface area contributed by atoms with Gasteiger partial charge >= 0.3 is 0 Å². The van der Waals surface area contributed by atoms with Gasteiger partial charge in [0, 0.05) is 22.1 Å². The van der Waals surface area contributed by atoms with Crippen LogP contribution < -0.4 is 0 Å². The molecule has 2 rings (SSSR count). The molecular formula is C12H13BrClNO2. The number of aliphatic hydroxyl groups is 1. The molecule has 0 saturated heterocycles. The number of nitrogens with zero attached hydrogens (tertiary/aromatic N) is 1. The predicted octanol–water partition coefficient (Wildman–Crippen LogP) is 2.70. The second kappa shape index (κ2) is 5.38. The third kappa shape index (κ3) is 3.00. The fraction of sp³-hybridized carbons (Fsp3) is 0.417. The summed E-state index contributed by atoms with van der Waals surface area (Å²) in [4.78, 5) is 14.0. The maximum atomic E-state index is 12.3. The lowest BCUT2D eigenvalue weighted by molar-refractivity contribution is 0.0706. The van der Waals surface area contributed by atoms with Crippen molar-refractivity contribution >= 4 is 33.4 Å². The number of aliphatic hydroxyl groups excluding tert-OH is 1. The summed E-state index contributed by atoms with van der Waals surface area (Å²) in [6, 6.07) is 5.40. The van der Waals surface area contributed by atoms with E-state index in [0.29, 0.717) is 21.6 Å². The molecule has 1 aliphatic carbocycles. The number of rotatable bonds is 4. The third-order valence-electron chi connectivity index (χ3n) is 2.75. The van der Waals surface area contributed by atoms with E-state index in [2.05, 4.69) is 15.9 Å². The van der Waals surface area contributed by atoms with Gasteiger partial charge in [0.25, 0.3) is 5.91 Å². The van der Waals surface area contributed by atoms with Gasteiger partial charge in [-0.2, -0.15) is 0 Å². The molecule has 0 aromatic heterocycles. The highest BCUT2D eigenvalue weighted by Crippen LogP contribution is 2.30. The van der Waals surface area contributed by atoms with Gasteiger partial charge in [0.1, 0.15) is 0 Å². The average Bonchev–Trinajstić information content (AvgIpc) is 3.09. The fourth-order valence-corrected chi connectivity index (χ4v) is 2.61. The van der Waals surface area contributed by atoms with Gasteiger partial charge in [0.2, 0.25) is 0 Å². The first-order valence-corrected chi connectivity index (χ1v) is 6.67. The Balaban J connectivity index is 2.22. The summed E-state index contributed by atoms with van der Waals surface area (Å²) in [5.41, 5.74) is 0.592. The molecule has 0 radical (unpaired) electrons. The van der Waals surface area contributed by atoms with E-state index in [1.165, 1.54) is 0 Å². The van der Waals surface area contributed by atoms with Crippen molar-refractivity contribution < 1.29 is 9.90 Å². The van der Waals surface area contributed by atoms with Crippen molar-refractivity contribution in [2.24, 2.45) is 0 Å². The Morgan fingerprint density at radius 2 is 2.24 bits per heavy atom. The monoisotopic (exact) mass is 317 g/mol. The standard InChI is InChI=1S/C12H13BrClNO2/c13-11-7-8(14)1-4-10(11)12(17)15(5-6-16)9-2-3-9/h1,4,7,9,16H,2-3,5-6H2. The lowest BCUT2D eigenvalue weighted by Gasteiger charge is -2.22. The quantitative estimate of drug-likeness (QED) is 0.927. The lowest BCUT2D eigenvalue weighted by atomic mass is 10.2. The molecule has 1 N–H and O–H groups in total. The van der Waals surface area contributed by atoms with Crippen LogP contribution in [0.2, 0.25) is 5.02 Å². The molecule has 1 aromatic carbocycles. The number of amides is 1. The van der Waals surface area contributed by atoms with E-state index in [0.717, 1.165) is 12.8 Å². The molecule has 1 aromatic rings. The minimum absolute atomic E-state index is 0.00650.